The molecule has 1 aromatic heterocycles. The van der Waals surface area contributed by atoms with Gasteiger partial charge in [-0.05, 0) is 24.2 Å². The van der Waals surface area contributed by atoms with Crippen LogP contribution < -0.4 is 17.3 Å². The molecule has 1 fully saturated rings. The second-order valence-electron chi connectivity index (χ2n) is 7.77. The molecule has 0 saturated carbocycles. The summed E-state index contributed by atoms with van der Waals surface area (Å²) < 4.78 is 13.1. The molecular formula is C15H28N4O5Si. The van der Waals surface area contributed by atoms with Crippen molar-refractivity contribution < 1.29 is 19.1 Å². The zero-order valence-electron chi connectivity index (χ0n) is 15.3. The van der Waals surface area contributed by atoms with Crippen molar-refractivity contribution in [3.05, 3.63) is 22.7 Å². The Labute approximate surface area is 148 Å². The fourth-order valence-electron chi connectivity index (χ4n) is 2.38. The van der Waals surface area contributed by atoms with Crippen molar-refractivity contribution in [2.45, 2.75) is 63.4 Å². The van der Waals surface area contributed by atoms with E-state index in [0.29, 0.717) is 0 Å². The maximum Gasteiger partial charge on any atom is 0.351 e. The van der Waals surface area contributed by atoms with Crippen molar-refractivity contribution in [2.24, 2.45) is 5.90 Å². The van der Waals surface area contributed by atoms with Crippen LogP contribution in [0, 0.1) is 0 Å². The lowest BCUT2D eigenvalue weighted by atomic mass is 10.1. The Kier molecular flexibility index (Phi) is 5.71. The average molecular weight is 372 g/mol. The van der Waals surface area contributed by atoms with E-state index in [1.54, 1.807) is 0 Å². The molecule has 2 heterocycles. The monoisotopic (exact) mass is 372 g/mol. The van der Waals surface area contributed by atoms with E-state index in [0.717, 1.165) is 0 Å². The summed E-state index contributed by atoms with van der Waals surface area (Å²) in [5.74, 6) is 5.43. The zero-order chi connectivity index (χ0) is 19.0. The van der Waals surface area contributed by atoms with E-state index in [2.05, 4.69) is 38.8 Å². The van der Waals surface area contributed by atoms with Gasteiger partial charge in [-0.3, -0.25) is 9.40 Å². The lowest BCUT2D eigenvalue weighted by Gasteiger charge is -2.37. The first-order chi connectivity index (χ1) is 11.5. The van der Waals surface area contributed by atoms with Crippen LogP contribution >= 0.6 is 0 Å². The van der Waals surface area contributed by atoms with Gasteiger partial charge in [0.25, 0.3) is 0 Å². The number of aliphatic hydroxyl groups is 1. The summed E-state index contributed by atoms with van der Waals surface area (Å²) in [5, 5.41) is 10.5. The summed E-state index contributed by atoms with van der Waals surface area (Å²) in [5.41, 5.74) is 4.87. The number of ether oxygens (including phenoxy) is 1. The largest absolute Gasteiger partial charge is 0.414 e. The Bertz CT molecular complexity index is 660. The van der Waals surface area contributed by atoms with Gasteiger partial charge < -0.3 is 20.0 Å². The van der Waals surface area contributed by atoms with E-state index in [1.165, 1.54) is 16.8 Å². The van der Waals surface area contributed by atoms with Gasteiger partial charge in [0, 0.05) is 6.20 Å². The molecule has 0 radical (unpaired) electrons. The van der Waals surface area contributed by atoms with E-state index >= 15 is 0 Å². The summed E-state index contributed by atoms with van der Waals surface area (Å²) in [6.45, 7) is 10.8. The third-order valence-electron chi connectivity index (χ3n) is 5.01. The van der Waals surface area contributed by atoms with Crippen LogP contribution in [0.5, 0.6) is 0 Å². The molecule has 0 spiro atoms. The Morgan fingerprint density at radius 2 is 2.08 bits per heavy atom. The third-order valence-corrected chi connectivity index (χ3v) is 9.51. The van der Waals surface area contributed by atoms with Gasteiger partial charge in [0.15, 0.2) is 14.5 Å². The Morgan fingerprint density at radius 3 is 2.60 bits per heavy atom. The number of hydrogen-bond donors (Lipinski definition) is 3. The highest BCUT2D eigenvalue weighted by Crippen LogP contribution is 2.38. The van der Waals surface area contributed by atoms with Crippen LogP contribution in [0.1, 0.15) is 27.0 Å². The Balaban J connectivity index is 2.17. The van der Waals surface area contributed by atoms with Crippen molar-refractivity contribution in [3.8, 4) is 0 Å². The Hall–Kier alpha value is -1.30. The average Bonchev–Trinajstić information content (AvgIpc) is 2.80. The topological polar surface area (TPSA) is 135 Å². The van der Waals surface area contributed by atoms with Gasteiger partial charge in [-0.2, -0.15) is 4.98 Å². The minimum atomic E-state index is -2.01. The van der Waals surface area contributed by atoms with Crippen LogP contribution in [0.4, 0.5) is 5.82 Å². The number of rotatable bonds is 5. The van der Waals surface area contributed by atoms with Crippen LogP contribution in [0.3, 0.4) is 0 Å². The summed E-state index contributed by atoms with van der Waals surface area (Å²) >= 11 is 0. The van der Waals surface area contributed by atoms with Crippen LogP contribution in [0.15, 0.2) is 17.1 Å². The number of nitrogen functional groups attached to an aromatic ring is 1. The van der Waals surface area contributed by atoms with Crippen molar-refractivity contribution in [3.63, 3.8) is 0 Å². The number of aromatic nitrogens is 2. The summed E-state index contributed by atoms with van der Waals surface area (Å²) in [4.78, 5) is 20.6. The highest BCUT2D eigenvalue weighted by atomic mass is 28.4. The van der Waals surface area contributed by atoms with E-state index in [4.69, 9.17) is 25.6 Å². The standard InChI is InChI=1S/C15H28N4O5Si/c1-15(2,3)25(4,5)22-8-9-12(24-17)11(20)13(23-9)19-7-6-10(16)18-14(19)21/h6-7,9,11-13,20H,8,17H2,1-5H3,(H2,16,18,21)/t9-,11?,12?,13-/m1/s1. The fraction of sp³-hybridized carbons (Fsp3) is 0.733. The summed E-state index contributed by atoms with van der Waals surface area (Å²) in [7, 11) is -2.01. The van der Waals surface area contributed by atoms with Gasteiger partial charge in [0.2, 0.25) is 0 Å². The number of nitrogens with zero attached hydrogens (tertiary/aromatic N) is 2. The molecule has 1 aliphatic rings. The molecule has 9 nitrogen and oxygen atoms in total. The molecule has 2 rings (SSSR count). The first kappa shape index (κ1) is 20.0. The molecule has 10 heteroatoms. The van der Waals surface area contributed by atoms with Gasteiger partial charge >= 0.3 is 5.69 Å². The molecule has 0 amide bonds. The minimum Gasteiger partial charge on any atom is -0.414 e. The molecule has 0 bridgehead atoms. The van der Waals surface area contributed by atoms with Crippen molar-refractivity contribution in [2.75, 3.05) is 12.3 Å². The Morgan fingerprint density at radius 1 is 1.44 bits per heavy atom. The van der Waals surface area contributed by atoms with E-state index in [1.807, 2.05) is 0 Å². The lowest BCUT2D eigenvalue weighted by Crippen LogP contribution is -2.45. The van der Waals surface area contributed by atoms with Gasteiger partial charge in [-0.15, -0.1) is 0 Å². The van der Waals surface area contributed by atoms with Gasteiger partial charge in [-0.1, -0.05) is 20.8 Å². The van der Waals surface area contributed by atoms with Crippen molar-refractivity contribution >= 4 is 14.1 Å². The molecule has 1 aliphatic heterocycles. The van der Waals surface area contributed by atoms with Crippen LogP contribution in [-0.4, -0.2) is 47.9 Å². The summed E-state index contributed by atoms with van der Waals surface area (Å²) in [6.07, 6.45) is -2.12. The number of anilines is 1. The number of aliphatic hydroxyl groups excluding tert-OH is 1. The SMILES string of the molecule is CC(C)(C)[Si](C)(C)OC[C@H]1O[C@@H](n2ccc(N)nc2=O)C(O)C1ON. The molecule has 142 valence electrons. The molecule has 2 unspecified atom stereocenters. The maximum atomic E-state index is 12.0. The van der Waals surface area contributed by atoms with Crippen molar-refractivity contribution in [1.29, 1.82) is 0 Å². The zero-order valence-corrected chi connectivity index (χ0v) is 16.3. The highest BCUT2D eigenvalue weighted by Gasteiger charge is 2.47. The smallest absolute Gasteiger partial charge is 0.351 e. The molecule has 5 N–H and O–H groups in total. The number of nitrogens with two attached hydrogens (primary N) is 2. The van der Waals surface area contributed by atoms with Crippen LogP contribution in [0.25, 0.3) is 0 Å². The third kappa shape index (κ3) is 4.10. The maximum absolute atomic E-state index is 12.0. The van der Waals surface area contributed by atoms with Gasteiger partial charge in [0.1, 0.15) is 24.1 Å². The van der Waals surface area contributed by atoms with E-state index < -0.39 is 38.5 Å². The molecule has 4 atom stereocenters. The molecule has 25 heavy (non-hydrogen) atoms. The molecule has 1 saturated heterocycles. The first-order valence-electron chi connectivity index (χ1n) is 8.15. The molecule has 1 aromatic rings. The van der Waals surface area contributed by atoms with Crippen molar-refractivity contribution in [1.82, 2.24) is 9.55 Å². The predicted molar refractivity (Wildman–Crippen MR) is 95.0 cm³/mol. The first-order valence-corrected chi connectivity index (χ1v) is 11.1. The fourth-order valence-corrected chi connectivity index (χ4v) is 3.39. The van der Waals surface area contributed by atoms with Crippen LogP contribution in [-0.2, 0) is 14.0 Å². The van der Waals surface area contributed by atoms with Gasteiger partial charge in [0.05, 0.1) is 6.61 Å². The van der Waals surface area contributed by atoms with Gasteiger partial charge in [-0.25, -0.2) is 10.7 Å². The molecule has 0 aromatic carbocycles. The van der Waals surface area contributed by atoms with E-state index in [9.17, 15) is 9.90 Å². The lowest BCUT2D eigenvalue weighted by molar-refractivity contribution is -0.0604. The second kappa shape index (κ2) is 7.14. The predicted octanol–water partition coefficient (Wildman–Crippen LogP) is 0.365. The van der Waals surface area contributed by atoms with Crippen LogP contribution in [0.2, 0.25) is 18.1 Å². The molecule has 0 aliphatic carbocycles. The quantitative estimate of drug-likeness (QED) is 0.498. The normalized spacial score (nSPS) is 27.6. The molecular weight excluding hydrogens is 344 g/mol. The minimum absolute atomic E-state index is 0.0283. The second-order valence-corrected chi connectivity index (χ2v) is 12.6. The summed E-state index contributed by atoms with van der Waals surface area (Å²) in [6, 6.07) is 1.45. The number of hydrogen-bond acceptors (Lipinski definition) is 8. The highest BCUT2D eigenvalue weighted by molar-refractivity contribution is 6.74. The van der Waals surface area contributed by atoms with E-state index in [-0.39, 0.29) is 17.5 Å².